The molecular formula is C16H16N4OS. The van der Waals surface area contributed by atoms with Crippen molar-refractivity contribution in [2.24, 2.45) is 0 Å². The lowest BCUT2D eigenvalue weighted by atomic mass is 10.3. The van der Waals surface area contributed by atoms with Crippen molar-refractivity contribution in [1.29, 1.82) is 0 Å². The molecule has 2 aromatic heterocycles. The van der Waals surface area contributed by atoms with E-state index in [9.17, 15) is 4.79 Å². The fraction of sp³-hybridized carbons (Fsp3) is 0.188. The minimum Gasteiger partial charge on any atom is -0.294 e. The molecule has 2 heterocycles. The van der Waals surface area contributed by atoms with Crippen LogP contribution in [0.3, 0.4) is 0 Å². The van der Waals surface area contributed by atoms with Gasteiger partial charge in [-0.25, -0.2) is 14.6 Å². The standard InChI is InChI=1S/C16H16N4OS/c1-11-8-12(2)18-16(17-11)22-10-13-9-15(21)20(19-13)14-6-4-3-5-7-14/h3-9,19H,10H2,1-2H3. The van der Waals surface area contributed by atoms with Crippen LogP contribution in [0, 0.1) is 13.8 Å². The van der Waals surface area contributed by atoms with Gasteiger partial charge in [0.15, 0.2) is 5.16 Å². The molecule has 0 bridgehead atoms. The lowest BCUT2D eigenvalue weighted by molar-refractivity contribution is 0.832. The fourth-order valence-electron chi connectivity index (χ4n) is 2.19. The SMILES string of the molecule is Cc1cc(C)nc(SCc2cc(=O)n(-c3ccccc3)[nH]2)n1. The Morgan fingerprint density at radius 1 is 1.09 bits per heavy atom. The summed E-state index contributed by atoms with van der Waals surface area (Å²) in [4.78, 5) is 20.8. The zero-order valence-corrected chi connectivity index (χ0v) is 13.2. The second-order valence-corrected chi connectivity index (χ2v) is 5.96. The number of nitrogens with one attached hydrogen (secondary N) is 1. The Kier molecular flexibility index (Phi) is 4.11. The minimum absolute atomic E-state index is 0.0665. The number of para-hydroxylation sites is 1. The van der Waals surface area contributed by atoms with Crippen LogP contribution in [0.4, 0.5) is 0 Å². The Morgan fingerprint density at radius 2 is 1.77 bits per heavy atom. The van der Waals surface area contributed by atoms with Gasteiger partial charge in [0.25, 0.3) is 5.56 Å². The third-order valence-electron chi connectivity index (χ3n) is 3.11. The number of hydrogen-bond acceptors (Lipinski definition) is 4. The third-order valence-corrected chi connectivity index (χ3v) is 4.00. The molecule has 3 rings (SSSR count). The number of hydrogen-bond donors (Lipinski definition) is 1. The van der Waals surface area contributed by atoms with Gasteiger partial charge >= 0.3 is 0 Å². The first-order valence-electron chi connectivity index (χ1n) is 6.93. The molecule has 0 fully saturated rings. The van der Waals surface area contributed by atoms with Crippen molar-refractivity contribution in [3.63, 3.8) is 0 Å². The number of aromatic amines is 1. The summed E-state index contributed by atoms with van der Waals surface area (Å²) in [6.45, 7) is 3.90. The molecule has 22 heavy (non-hydrogen) atoms. The summed E-state index contributed by atoms with van der Waals surface area (Å²) >= 11 is 1.51. The van der Waals surface area contributed by atoms with E-state index in [4.69, 9.17) is 0 Å². The van der Waals surface area contributed by atoms with E-state index in [1.807, 2.05) is 50.2 Å². The van der Waals surface area contributed by atoms with Crippen LogP contribution in [0.25, 0.3) is 5.69 Å². The van der Waals surface area contributed by atoms with E-state index in [1.54, 1.807) is 6.07 Å². The van der Waals surface area contributed by atoms with Crippen molar-refractivity contribution in [2.75, 3.05) is 0 Å². The molecule has 112 valence electrons. The molecule has 3 aromatic rings. The predicted octanol–water partition coefficient (Wildman–Crippen LogP) is 2.86. The molecular weight excluding hydrogens is 296 g/mol. The molecule has 0 spiro atoms. The van der Waals surface area contributed by atoms with Crippen molar-refractivity contribution in [3.05, 3.63) is 69.9 Å². The highest BCUT2D eigenvalue weighted by atomic mass is 32.2. The Balaban J connectivity index is 1.78. The molecule has 0 unspecified atom stereocenters. The molecule has 0 aliphatic rings. The van der Waals surface area contributed by atoms with Gasteiger partial charge in [-0.05, 0) is 32.0 Å². The largest absolute Gasteiger partial charge is 0.294 e. The second-order valence-electron chi connectivity index (χ2n) is 5.01. The van der Waals surface area contributed by atoms with E-state index >= 15 is 0 Å². The van der Waals surface area contributed by atoms with E-state index < -0.39 is 0 Å². The first kappa shape index (κ1) is 14.6. The predicted molar refractivity (Wildman–Crippen MR) is 87.5 cm³/mol. The number of aryl methyl sites for hydroxylation is 2. The molecule has 0 aliphatic heterocycles. The van der Waals surface area contributed by atoms with Crippen LogP contribution < -0.4 is 5.56 Å². The van der Waals surface area contributed by atoms with Crippen molar-refractivity contribution >= 4 is 11.8 Å². The van der Waals surface area contributed by atoms with Gasteiger partial charge in [-0.2, -0.15) is 0 Å². The summed E-state index contributed by atoms with van der Waals surface area (Å²) in [5, 5.41) is 3.85. The van der Waals surface area contributed by atoms with Crippen molar-refractivity contribution in [1.82, 2.24) is 19.7 Å². The monoisotopic (exact) mass is 312 g/mol. The van der Waals surface area contributed by atoms with Crippen LogP contribution in [-0.4, -0.2) is 19.7 Å². The van der Waals surface area contributed by atoms with E-state index in [1.165, 1.54) is 16.4 Å². The minimum atomic E-state index is -0.0665. The van der Waals surface area contributed by atoms with Crippen molar-refractivity contribution in [3.8, 4) is 5.69 Å². The summed E-state index contributed by atoms with van der Waals surface area (Å²) in [5.74, 6) is 0.623. The van der Waals surface area contributed by atoms with Gasteiger partial charge in [0, 0.05) is 28.9 Å². The van der Waals surface area contributed by atoms with Crippen LogP contribution in [0.15, 0.2) is 52.4 Å². The van der Waals surface area contributed by atoms with E-state index in [2.05, 4.69) is 15.1 Å². The van der Waals surface area contributed by atoms with Gasteiger partial charge < -0.3 is 0 Å². The van der Waals surface area contributed by atoms with Gasteiger partial charge in [-0.1, -0.05) is 30.0 Å². The highest BCUT2D eigenvalue weighted by Gasteiger charge is 2.07. The zero-order chi connectivity index (χ0) is 15.5. The molecule has 0 aliphatic carbocycles. The lowest BCUT2D eigenvalue weighted by Gasteiger charge is -2.03. The maximum atomic E-state index is 12.1. The number of H-pyrrole nitrogens is 1. The van der Waals surface area contributed by atoms with Gasteiger partial charge in [-0.3, -0.25) is 9.89 Å². The Bertz CT molecular complexity index is 819. The van der Waals surface area contributed by atoms with Crippen molar-refractivity contribution < 1.29 is 0 Å². The Hall–Kier alpha value is -2.34. The summed E-state index contributed by atoms with van der Waals surface area (Å²) in [6.07, 6.45) is 0. The number of benzene rings is 1. The fourth-order valence-corrected chi connectivity index (χ4v) is 3.04. The molecule has 0 saturated heterocycles. The normalized spacial score (nSPS) is 10.8. The average molecular weight is 312 g/mol. The van der Waals surface area contributed by atoms with E-state index in [0.717, 1.165) is 27.9 Å². The Morgan fingerprint density at radius 3 is 2.45 bits per heavy atom. The van der Waals surface area contributed by atoms with Crippen LogP contribution in [0.2, 0.25) is 0 Å². The molecule has 0 atom stereocenters. The molecule has 1 aromatic carbocycles. The first-order chi connectivity index (χ1) is 10.6. The smallest absolute Gasteiger partial charge is 0.271 e. The van der Waals surface area contributed by atoms with Gasteiger partial charge in [-0.15, -0.1) is 0 Å². The van der Waals surface area contributed by atoms with Gasteiger partial charge in [0.1, 0.15) is 0 Å². The van der Waals surface area contributed by atoms with Crippen LogP contribution in [0.5, 0.6) is 0 Å². The molecule has 1 N–H and O–H groups in total. The average Bonchev–Trinajstić information content (AvgIpc) is 2.86. The maximum Gasteiger partial charge on any atom is 0.271 e. The molecule has 6 heteroatoms. The first-order valence-corrected chi connectivity index (χ1v) is 7.92. The van der Waals surface area contributed by atoms with Crippen LogP contribution in [-0.2, 0) is 5.75 Å². The van der Waals surface area contributed by atoms with Gasteiger partial charge in [0.2, 0.25) is 0 Å². The summed E-state index contributed by atoms with van der Waals surface area (Å²) < 4.78 is 1.54. The molecule has 0 radical (unpaired) electrons. The maximum absolute atomic E-state index is 12.1. The lowest BCUT2D eigenvalue weighted by Crippen LogP contribution is -2.12. The van der Waals surface area contributed by atoms with Gasteiger partial charge in [0.05, 0.1) is 5.69 Å². The molecule has 0 amide bonds. The van der Waals surface area contributed by atoms with Crippen LogP contribution in [0.1, 0.15) is 17.1 Å². The summed E-state index contributed by atoms with van der Waals surface area (Å²) in [5.41, 5.74) is 3.51. The van der Waals surface area contributed by atoms with Crippen molar-refractivity contribution in [2.45, 2.75) is 24.8 Å². The number of nitrogens with zero attached hydrogens (tertiary/aromatic N) is 3. The number of aromatic nitrogens is 4. The van der Waals surface area contributed by atoms with Crippen LogP contribution >= 0.6 is 11.8 Å². The highest BCUT2D eigenvalue weighted by molar-refractivity contribution is 7.98. The number of thioether (sulfide) groups is 1. The number of rotatable bonds is 4. The third kappa shape index (κ3) is 3.28. The second kappa shape index (κ2) is 6.19. The Labute approximate surface area is 132 Å². The highest BCUT2D eigenvalue weighted by Crippen LogP contribution is 2.18. The van der Waals surface area contributed by atoms with E-state index in [-0.39, 0.29) is 5.56 Å². The molecule has 0 saturated carbocycles. The van der Waals surface area contributed by atoms with E-state index in [0.29, 0.717) is 5.75 Å². The zero-order valence-electron chi connectivity index (χ0n) is 12.4. The molecule has 5 nitrogen and oxygen atoms in total. The summed E-state index contributed by atoms with van der Waals surface area (Å²) in [6, 6.07) is 13.1. The topological polar surface area (TPSA) is 63.6 Å². The summed E-state index contributed by atoms with van der Waals surface area (Å²) in [7, 11) is 0. The quantitative estimate of drug-likeness (QED) is 0.594.